The van der Waals surface area contributed by atoms with Crippen LogP contribution in [0.3, 0.4) is 0 Å². The van der Waals surface area contributed by atoms with Crippen molar-refractivity contribution in [3.8, 4) is 33.9 Å². The maximum atomic E-state index is 13.5. The van der Waals surface area contributed by atoms with Crippen LogP contribution >= 0.6 is 0 Å². The van der Waals surface area contributed by atoms with E-state index in [1.165, 1.54) is 12.1 Å². The van der Waals surface area contributed by atoms with E-state index in [0.717, 1.165) is 16.3 Å². The summed E-state index contributed by atoms with van der Waals surface area (Å²) in [6.45, 7) is 0. The van der Waals surface area contributed by atoms with Crippen molar-refractivity contribution < 1.29 is 14.6 Å². The standard InChI is InChI=1S/C25H16O4/c26-20-13-12-16(14-21(20)27)25-23(24(28)19-9-3-4-11-22(19)29-25)18-10-5-7-15-6-1-2-8-17(15)18/h1-14,26-27H. The van der Waals surface area contributed by atoms with Crippen LogP contribution in [0.5, 0.6) is 11.5 Å². The van der Waals surface area contributed by atoms with Crippen molar-refractivity contribution in [1.82, 2.24) is 0 Å². The molecule has 0 amide bonds. The smallest absolute Gasteiger partial charge is 0.201 e. The minimum atomic E-state index is -0.276. The second-order valence-corrected chi connectivity index (χ2v) is 6.86. The Labute approximate surface area is 165 Å². The van der Waals surface area contributed by atoms with Gasteiger partial charge in [0, 0.05) is 5.56 Å². The van der Waals surface area contributed by atoms with E-state index < -0.39 is 0 Å². The second kappa shape index (κ2) is 6.53. The molecule has 5 rings (SSSR count). The topological polar surface area (TPSA) is 70.7 Å². The van der Waals surface area contributed by atoms with E-state index in [2.05, 4.69) is 0 Å². The lowest BCUT2D eigenvalue weighted by atomic mass is 9.94. The van der Waals surface area contributed by atoms with Gasteiger partial charge in [-0.3, -0.25) is 4.79 Å². The van der Waals surface area contributed by atoms with Crippen molar-refractivity contribution in [2.75, 3.05) is 0 Å². The Balaban J connectivity index is 1.94. The van der Waals surface area contributed by atoms with Gasteiger partial charge in [-0.15, -0.1) is 0 Å². The highest BCUT2D eigenvalue weighted by Gasteiger charge is 2.20. The highest BCUT2D eigenvalue weighted by molar-refractivity contribution is 6.01. The maximum absolute atomic E-state index is 13.5. The number of fused-ring (bicyclic) bond motifs is 2. The molecule has 140 valence electrons. The van der Waals surface area contributed by atoms with E-state index in [9.17, 15) is 15.0 Å². The lowest BCUT2D eigenvalue weighted by Crippen LogP contribution is -2.07. The maximum Gasteiger partial charge on any atom is 0.201 e. The fourth-order valence-electron chi connectivity index (χ4n) is 3.70. The summed E-state index contributed by atoms with van der Waals surface area (Å²) >= 11 is 0. The van der Waals surface area contributed by atoms with Gasteiger partial charge in [0.25, 0.3) is 0 Å². The highest BCUT2D eigenvalue weighted by Crippen LogP contribution is 2.38. The Hall–Kier alpha value is -4.05. The van der Waals surface area contributed by atoms with Crippen LogP contribution in [0.25, 0.3) is 44.2 Å². The summed E-state index contributed by atoms with van der Waals surface area (Å²) in [4.78, 5) is 13.5. The Morgan fingerprint density at radius 2 is 1.41 bits per heavy atom. The molecule has 4 nitrogen and oxygen atoms in total. The number of phenolic OH excluding ortho intramolecular Hbond substituents is 2. The number of hydrogen-bond donors (Lipinski definition) is 2. The summed E-state index contributed by atoms with van der Waals surface area (Å²) < 4.78 is 6.17. The Bertz CT molecular complexity index is 1440. The molecule has 0 radical (unpaired) electrons. The van der Waals surface area contributed by atoms with E-state index in [0.29, 0.717) is 27.9 Å². The lowest BCUT2D eigenvalue weighted by molar-refractivity contribution is 0.404. The van der Waals surface area contributed by atoms with E-state index >= 15 is 0 Å². The molecule has 0 aliphatic rings. The Morgan fingerprint density at radius 1 is 0.690 bits per heavy atom. The first kappa shape index (κ1) is 17.1. The van der Waals surface area contributed by atoms with Crippen LogP contribution in [0.1, 0.15) is 0 Å². The van der Waals surface area contributed by atoms with Crippen LogP contribution in [0, 0.1) is 0 Å². The molecule has 0 fully saturated rings. The summed E-state index contributed by atoms with van der Waals surface area (Å²) in [7, 11) is 0. The minimum Gasteiger partial charge on any atom is -0.504 e. The molecule has 0 aliphatic heterocycles. The Morgan fingerprint density at radius 3 is 2.24 bits per heavy atom. The third-order valence-electron chi connectivity index (χ3n) is 5.09. The van der Waals surface area contributed by atoms with Gasteiger partial charge in [0.05, 0.1) is 10.9 Å². The molecule has 5 aromatic rings. The van der Waals surface area contributed by atoms with E-state index in [-0.39, 0.29) is 16.9 Å². The molecule has 2 N–H and O–H groups in total. The summed E-state index contributed by atoms with van der Waals surface area (Å²) in [5.74, 6) is -0.161. The lowest BCUT2D eigenvalue weighted by Gasteiger charge is -2.13. The first-order chi connectivity index (χ1) is 14.1. The SMILES string of the molecule is O=c1c(-c2cccc3ccccc23)c(-c2ccc(O)c(O)c2)oc2ccccc12. The van der Waals surface area contributed by atoms with E-state index in [1.54, 1.807) is 30.3 Å². The zero-order valence-electron chi connectivity index (χ0n) is 15.3. The predicted octanol–water partition coefficient (Wildman–Crippen LogP) is 5.69. The van der Waals surface area contributed by atoms with Crippen LogP contribution in [0.15, 0.2) is 94.1 Å². The van der Waals surface area contributed by atoms with Crippen LogP contribution in [-0.2, 0) is 0 Å². The number of phenols is 2. The molecule has 0 atom stereocenters. The molecule has 0 saturated heterocycles. The first-order valence-corrected chi connectivity index (χ1v) is 9.20. The van der Waals surface area contributed by atoms with Crippen molar-refractivity contribution in [2.24, 2.45) is 0 Å². The molecule has 0 aliphatic carbocycles. The van der Waals surface area contributed by atoms with Crippen molar-refractivity contribution in [1.29, 1.82) is 0 Å². The van der Waals surface area contributed by atoms with Crippen LogP contribution in [0.2, 0.25) is 0 Å². The molecule has 0 saturated carbocycles. The monoisotopic (exact) mass is 380 g/mol. The van der Waals surface area contributed by atoms with Crippen LogP contribution in [-0.4, -0.2) is 10.2 Å². The fourth-order valence-corrected chi connectivity index (χ4v) is 3.70. The molecule has 1 heterocycles. The largest absolute Gasteiger partial charge is 0.504 e. The van der Waals surface area contributed by atoms with Gasteiger partial charge in [-0.2, -0.15) is 0 Å². The first-order valence-electron chi connectivity index (χ1n) is 9.20. The second-order valence-electron chi connectivity index (χ2n) is 6.86. The number of benzene rings is 4. The quantitative estimate of drug-likeness (QED) is 0.386. The third kappa shape index (κ3) is 2.74. The molecule has 0 spiro atoms. The average Bonchev–Trinajstić information content (AvgIpc) is 2.75. The average molecular weight is 380 g/mol. The van der Waals surface area contributed by atoms with Gasteiger partial charge in [0.15, 0.2) is 11.5 Å². The number of aromatic hydroxyl groups is 2. The Kier molecular flexibility index (Phi) is 3.85. The summed E-state index contributed by atoms with van der Waals surface area (Å²) in [6, 6.07) is 25.1. The van der Waals surface area contributed by atoms with Gasteiger partial charge in [0.2, 0.25) is 5.43 Å². The normalized spacial score (nSPS) is 11.2. The van der Waals surface area contributed by atoms with Gasteiger partial charge in [-0.1, -0.05) is 54.6 Å². The van der Waals surface area contributed by atoms with Crippen LogP contribution < -0.4 is 5.43 Å². The van der Waals surface area contributed by atoms with Gasteiger partial charge in [-0.25, -0.2) is 0 Å². The molecule has 0 bridgehead atoms. The third-order valence-corrected chi connectivity index (χ3v) is 5.09. The number of rotatable bonds is 2. The van der Waals surface area contributed by atoms with E-state index in [1.807, 2.05) is 42.5 Å². The number of hydrogen-bond acceptors (Lipinski definition) is 4. The number of para-hydroxylation sites is 1. The van der Waals surface area contributed by atoms with Crippen molar-refractivity contribution in [2.45, 2.75) is 0 Å². The van der Waals surface area contributed by atoms with E-state index in [4.69, 9.17) is 4.42 Å². The van der Waals surface area contributed by atoms with Gasteiger partial charge in [-0.05, 0) is 46.7 Å². The molecule has 1 aromatic heterocycles. The van der Waals surface area contributed by atoms with Crippen LogP contribution in [0.4, 0.5) is 0 Å². The molecular formula is C25H16O4. The molecule has 4 heteroatoms. The summed E-state index contributed by atoms with van der Waals surface area (Å²) in [6.07, 6.45) is 0. The van der Waals surface area contributed by atoms with Gasteiger partial charge >= 0.3 is 0 Å². The highest BCUT2D eigenvalue weighted by atomic mass is 16.3. The zero-order chi connectivity index (χ0) is 20.0. The fraction of sp³-hybridized carbons (Fsp3) is 0. The molecule has 29 heavy (non-hydrogen) atoms. The van der Waals surface area contributed by atoms with Crippen molar-refractivity contribution >= 4 is 21.7 Å². The molecular weight excluding hydrogens is 364 g/mol. The predicted molar refractivity (Wildman–Crippen MR) is 114 cm³/mol. The zero-order valence-corrected chi connectivity index (χ0v) is 15.3. The molecule has 4 aromatic carbocycles. The van der Waals surface area contributed by atoms with Gasteiger partial charge in [0.1, 0.15) is 11.3 Å². The van der Waals surface area contributed by atoms with Crippen molar-refractivity contribution in [3.05, 3.63) is 95.2 Å². The van der Waals surface area contributed by atoms with Crippen molar-refractivity contribution in [3.63, 3.8) is 0 Å². The molecule has 0 unspecified atom stereocenters. The summed E-state index contributed by atoms with van der Waals surface area (Å²) in [5, 5.41) is 22.1. The van der Waals surface area contributed by atoms with Gasteiger partial charge < -0.3 is 14.6 Å². The summed E-state index contributed by atoms with van der Waals surface area (Å²) in [5.41, 5.74) is 2.00. The minimum absolute atomic E-state index is 0.147.